The Labute approximate surface area is 173 Å². The van der Waals surface area contributed by atoms with Crippen molar-refractivity contribution in [3.8, 4) is 5.75 Å². The molecule has 8 heteroatoms. The van der Waals surface area contributed by atoms with Crippen LogP contribution in [-0.4, -0.2) is 53.3 Å². The van der Waals surface area contributed by atoms with E-state index < -0.39 is 23.5 Å². The van der Waals surface area contributed by atoms with E-state index in [4.69, 9.17) is 9.47 Å². The molecule has 30 heavy (non-hydrogen) atoms. The molecular formula is C22H23N3O5. The molecule has 1 aliphatic rings. The number of aromatic nitrogens is 2. The van der Waals surface area contributed by atoms with Gasteiger partial charge >= 0.3 is 0 Å². The third-order valence-electron chi connectivity index (χ3n) is 5.21. The molecule has 2 unspecified atom stereocenters. The van der Waals surface area contributed by atoms with E-state index in [-0.39, 0.29) is 12.3 Å². The maximum atomic E-state index is 12.9. The fraction of sp³-hybridized carbons (Fsp3) is 0.318. The zero-order valence-corrected chi connectivity index (χ0v) is 16.6. The Morgan fingerprint density at radius 2 is 2.03 bits per heavy atom. The van der Waals surface area contributed by atoms with E-state index >= 15 is 0 Å². The molecule has 1 amide bonds. The highest BCUT2D eigenvalue weighted by Crippen LogP contribution is 2.16. The van der Waals surface area contributed by atoms with E-state index in [1.807, 2.05) is 30.3 Å². The van der Waals surface area contributed by atoms with Crippen molar-refractivity contribution in [3.05, 3.63) is 70.0 Å². The van der Waals surface area contributed by atoms with Crippen molar-refractivity contribution in [1.82, 2.24) is 15.1 Å². The lowest BCUT2D eigenvalue weighted by Gasteiger charge is -2.28. The van der Waals surface area contributed by atoms with Crippen LogP contribution < -0.4 is 15.5 Å². The van der Waals surface area contributed by atoms with Gasteiger partial charge in [-0.2, -0.15) is 5.10 Å². The van der Waals surface area contributed by atoms with Gasteiger partial charge in [-0.3, -0.25) is 14.3 Å². The third-order valence-corrected chi connectivity index (χ3v) is 5.21. The van der Waals surface area contributed by atoms with E-state index in [9.17, 15) is 14.7 Å². The number of fused-ring (bicyclic) bond motifs is 1. The van der Waals surface area contributed by atoms with Crippen LogP contribution in [0.5, 0.6) is 5.75 Å². The normalized spacial score (nSPS) is 18.9. The largest absolute Gasteiger partial charge is 0.497 e. The van der Waals surface area contributed by atoms with Crippen molar-refractivity contribution in [1.29, 1.82) is 0 Å². The van der Waals surface area contributed by atoms with E-state index in [1.165, 1.54) is 0 Å². The van der Waals surface area contributed by atoms with Crippen molar-refractivity contribution in [2.75, 3.05) is 20.3 Å². The molecule has 0 saturated carbocycles. The Bertz CT molecular complexity index is 1110. The molecule has 1 aromatic heterocycles. The zero-order chi connectivity index (χ0) is 21.1. The summed E-state index contributed by atoms with van der Waals surface area (Å²) in [6, 6.07) is 14.1. The van der Waals surface area contributed by atoms with E-state index in [1.54, 1.807) is 30.0 Å². The summed E-state index contributed by atoms with van der Waals surface area (Å²) in [5.41, 5.74) is 0.959. The lowest BCUT2D eigenvalue weighted by molar-refractivity contribution is -0.0261. The number of hydrogen-bond donors (Lipinski definition) is 2. The van der Waals surface area contributed by atoms with Crippen molar-refractivity contribution in [3.63, 3.8) is 0 Å². The Balaban J connectivity index is 1.70. The number of aliphatic hydroxyl groups excluding tert-OH is 1. The smallest absolute Gasteiger partial charge is 0.276 e. The monoisotopic (exact) mass is 409 g/mol. The number of para-hydroxylation sites is 1. The van der Waals surface area contributed by atoms with Gasteiger partial charge in [-0.15, -0.1) is 0 Å². The average molecular weight is 409 g/mol. The van der Waals surface area contributed by atoms with Gasteiger partial charge in [0, 0.05) is 12.0 Å². The molecule has 2 aromatic carbocycles. The number of carbonyl (C=O) groups is 1. The molecule has 2 N–H and O–H groups in total. The zero-order valence-electron chi connectivity index (χ0n) is 16.6. The number of benzene rings is 2. The Morgan fingerprint density at radius 1 is 1.27 bits per heavy atom. The number of hydrogen-bond acceptors (Lipinski definition) is 6. The van der Waals surface area contributed by atoms with Gasteiger partial charge in [0.1, 0.15) is 5.75 Å². The predicted molar refractivity (Wildman–Crippen MR) is 111 cm³/mol. The highest BCUT2D eigenvalue weighted by molar-refractivity contribution is 5.95. The summed E-state index contributed by atoms with van der Waals surface area (Å²) in [7, 11) is 1.60. The number of aliphatic hydroxyl groups is 1. The lowest BCUT2D eigenvalue weighted by Crippen LogP contribution is -2.49. The summed E-state index contributed by atoms with van der Waals surface area (Å²) < 4.78 is 12.0. The number of ether oxygens (including phenoxy) is 2. The van der Waals surface area contributed by atoms with Crippen LogP contribution in [0, 0.1) is 0 Å². The summed E-state index contributed by atoms with van der Waals surface area (Å²) in [6.07, 6.45) is -0.342. The van der Waals surface area contributed by atoms with Crippen LogP contribution in [0.3, 0.4) is 0 Å². The van der Waals surface area contributed by atoms with Crippen molar-refractivity contribution >= 4 is 16.8 Å². The minimum Gasteiger partial charge on any atom is -0.497 e. The first kappa shape index (κ1) is 20.1. The molecule has 0 radical (unpaired) electrons. The molecular weight excluding hydrogens is 386 g/mol. The van der Waals surface area contributed by atoms with Gasteiger partial charge in [0.2, 0.25) is 5.43 Å². The predicted octanol–water partition coefficient (Wildman–Crippen LogP) is 1.33. The first-order valence-corrected chi connectivity index (χ1v) is 9.76. The molecule has 1 fully saturated rings. The summed E-state index contributed by atoms with van der Waals surface area (Å²) in [4.78, 5) is 25.8. The Hall–Kier alpha value is -3.23. The second-order valence-electron chi connectivity index (χ2n) is 7.21. The molecule has 1 aliphatic heterocycles. The first-order valence-electron chi connectivity index (χ1n) is 9.76. The molecule has 0 aliphatic carbocycles. The maximum absolute atomic E-state index is 12.9. The highest BCUT2D eigenvalue weighted by Gasteiger charge is 2.27. The second kappa shape index (κ2) is 8.64. The Morgan fingerprint density at radius 3 is 2.77 bits per heavy atom. The molecule has 3 aromatic rings. The van der Waals surface area contributed by atoms with Crippen LogP contribution in [0.15, 0.2) is 53.3 Å². The number of carbonyl (C=O) groups excluding carboxylic acids is 1. The minimum absolute atomic E-state index is 0.151. The molecule has 0 bridgehead atoms. The van der Waals surface area contributed by atoms with Crippen LogP contribution in [-0.2, 0) is 11.3 Å². The van der Waals surface area contributed by atoms with Gasteiger partial charge < -0.3 is 19.9 Å². The van der Waals surface area contributed by atoms with Gasteiger partial charge in [0.15, 0.2) is 5.69 Å². The van der Waals surface area contributed by atoms with E-state index in [2.05, 4.69) is 10.4 Å². The van der Waals surface area contributed by atoms with Crippen LogP contribution in [0.2, 0.25) is 0 Å². The number of amides is 1. The quantitative estimate of drug-likeness (QED) is 0.659. The number of rotatable bonds is 5. The van der Waals surface area contributed by atoms with Gasteiger partial charge in [0.05, 0.1) is 37.9 Å². The summed E-state index contributed by atoms with van der Waals surface area (Å²) in [6.45, 7) is 0.970. The van der Waals surface area contributed by atoms with Crippen LogP contribution in [0.25, 0.3) is 10.9 Å². The first-order chi connectivity index (χ1) is 14.6. The molecule has 1 saturated heterocycles. The summed E-state index contributed by atoms with van der Waals surface area (Å²) >= 11 is 0. The van der Waals surface area contributed by atoms with Crippen molar-refractivity contribution in [2.24, 2.45) is 0 Å². The van der Waals surface area contributed by atoms with Crippen molar-refractivity contribution < 1.29 is 19.4 Å². The SMILES string of the molecule is COc1ccc(Cn2nc(C(=O)NC3CCOCC3O)c(=O)c3ccccc32)cc1. The van der Waals surface area contributed by atoms with Crippen LogP contribution in [0.1, 0.15) is 22.5 Å². The number of nitrogens with one attached hydrogen (secondary N) is 1. The number of methoxy groups -OCH3 is 1. The molecule has 156 valence electrons. The van der Waals surface area contributed by atoms with Crippen LogP contribution >= 0.6 is 0 Å². The fourth-order valence-electron chi connectivity index (χ4n) is 3.54. The molecule has 0 spiro atoms. The van der Waals surface area contributed by atoms with Gasteiger partial charge in [-0.1, -0.05) is 24.3 Å². The number of nitrogens with zero attached hydrogens (tertiary/aromatic N) is 2. The fourth-order valence-corrected chi connectivity index (χ4v) is 3.54. The lowest BCUT2D eigenvalue weighted by atomic mass is 10.1. The molecule has 2 heterocycles. The van der Waals surface area contributed by atoms with Crippen LogP contribution in [0.4, 0.5) is 0 Å². The summed E-state index contributed by atoms with van der Waals surface area (Å²) in [5, 5.41) is 17.6. The van der Waals surface area contributed by atoms with E-state index in [0.29, 0.717) is 30.5 Å². The average Bonchev–Trinajstić information content (AvgIpc) is 2.77. The molecule has 2 atom stereocenters. The van der Waals surface area contributed by atoms with Gasteiger partial charge in [0.25, 0.3) is 5.91 Å². The maximum Gasteiger partial charge on any atom is 0.276 e. The molecule has 4 rings (SSSR count). The van der Waals surface area contributed by atoms with Gasteiger partial charge in [-0.05, 0) is 36.2 Å². The second-order valence-corrected chi connectivity index (χ2v) is 7.21. The summed E-state index contributed by atoms with van der Waals surface area (Å²) in [5.74, 6) is 0.145. The van der Waals surface area contributed by atoms with Gasteiger partial charge in [-0.25, -0.2) is 0 Å². The Kier molecular flexibility index (Phi) is 5.78. The topological polar surface area (TPSA) is 103 Å². The van der Waals surface area contributed by atoms with E-state index in [0.717, 1.165) is 11.3 Å². The minimum atomic E-state index is -0.815. The standard InChI is InChI=1S/C22H23N3O5/c1-29-15-8-6-14(7-9-15)12-25-18-5-3-2-4-16(18)21(27)20(24-25)22(28)23-17-10-11-30-13-19(17)26/h2-9,17,19,26H,10-13H2,1H3,(H,23,28). The highest BCUT2D eigenvalue weighted by atomic mass is 16.5. The van der Waals surface area contributed by atoms with Crippen molar-refractivity contribution in [2.45, 2.75) is 25.1 Å². The molecule has 8 nitrogen and oxygen atoms in total. The third kappa shape index (κ3) is 4.05.